The number of hydrogen-bond acceptors (Lipinski definition) is 7. The number of oxazole rings is 1. The van der Waals surface area contributed by atoms with Crippen LogP contribution in [-0.2, 0) is 9.84 Å². The fourth-order valence-electron chi connectivity index (χ4n) is 2.63. The van der Waals surface area contributed by atoms with Gasteiger partial charge in [0.15, 0.2) is 5.76 Å². The summed E-state index contributed by atoms with van der Waals surface area (Å²) in [5.41, 5.74) is 0.582. The monoisotopic (exact) mass is 474 g/mol. The molecule has 0 spiro atoms. The molecule has 1 N–H and O–H groups in total. The maximum atomic E-state index is 13.2. The van der Waals surface area contributed by atoms with Crippen molar-refractivity contribution >= 4 is 37.3 Å². The van der Waals surface area contributed by atoms with E-state index in [2.05, 4.69) is 26.2 Å². The molecule has 7 nitrogen and oxygen atoms in total. The maximum Gasteiger partial charge on any atom is 0.266 e. The predicted octanol–water partition coefficient (Wildman–Crippen LogP) is 5.28. The Morgan fingerprint density at radius 1 is 1.07 bits per heavy atom. The Morgan fingerprint density at radius 2 is 1.86 bits per heavy atom. The van der Waals surface area contributed by atoms with Gasteiger partial charge in [-0.1, -0.05) is 22.0 Å². The van der Waals surface area contributed by atoms with Crippen LogP contribution in [0.15, 0.2) is 90.2 Å². The molecule has 29 heavy (non-hydrogen) atoms. The summed E-state index contributed by atoms with van der Waals surface area (Å²) in [6.07, 6.45) is 1.46. The minimum Gasteiger partial charge on any atom is -0.497 e. The zero-order valence-corrected chi connectivity index (χ0v) is 17.5. The summed E-state index contributed by atoms with van der Waals surface area (Å²) in [5.74, 6) is 0.956. The molecule has 2 heterocycles. The molecular weight excluding hydrogens is 460 g/mol. The predicted molar refractivity (Wildman–Crippen MR) is 110 cm³/mol. The van der Waals surface area contributed by atoms with Gasteiger partial charge in [0.1, 0.15) is 5.75 Å². The summed E-state index contributed by atoms with van der Waals surface area (Å²) in [6.45, 7) is 0. The number of anilines is 2. The molecule has 0 aliphatic heterocycles. The molecule has 0 saturated heterocycles. The van der Waals surface area contributed by atoms with E-state index >= 15 is 0 Å². The van der Waals surface area contributed by atoms with E-state index in [9.17, 15) is 8.42 Å². The molecule has 0 fully saturated rings. The average molecular weight is 475 g/mol. The first kappa shape index (κ1) is 19.3. The van der Waals surface area contributed by atoms with Crippen LogP contribution in [0.4, 0.5) is 11.6 Å². The van der Waals surface area contributed by atoms with Crippen LogP contribution in [0.5, 0.6) is 5.75 Å². The lowest BCUT2D eigenvalue weighted by atomic mass is 10.3. The fourth-order valence-corrected chi connectivity index (χ4v) is 4.15. The summed E-state index contributed by atoms with van der Waals surface area (Å²) in [4.78, 5) is 4.30. The highest BCUT2D eigenvalue weighted by atomic mass is 79.9. The molecule has 4 aromatic rings. The SMILES string of the molecule is COc1cccc(Nc2oc(-c3ccco3)nc2S(=O)(=O)c2ccc(Br)cc2)c1. The maximum absolute atomic E-state index is 13.2. The number of aromatic nitrogens is 1. The molecule has 0 amide bonds. The summed E-state index contributed by atoms with van der Waals surface area (Å²) in [6, 6.07) is 16.6. The number of sulfone groups is 1. The molecule has 2 aromatic carbocycles. The van der Waals surface area contributed by atoms with Gasteiger partial charge in [-0.25, -0.2) is 8.42 Å². The van der Waals surface area contributed by atoms with Gasteiger partial charge >= 0.3 is 0 Å². The summed E-state index contributed by atoms with van der Waals surface area (Å²) < 4.78 is 43.5. The first-order valence-corrected chi connectivity index (χ1v) is 10.7. The highest BCUT2D eigenvalue weighted by molar-refractivity contribution is 9.10. The first-order chi connectivity index (χ1) is 14.0. The van der Waals surface area contributed by atoms with Gasteiger partial charge < -0.3 is 18.9 Å². The second-order valence-electron chi connectivity index (χ2n) is 5.94. The molecule has 0 aliphatic rings. The molecule has 0 unspecified atom stereocenters. The molecule has 0 saturated carbocycles. The number of halogens is 1. The molecule has 0 radical (unpaired) electrons. The quantitative estimate of drug-likeness (QED) is 0.405. The number of methoxy groups -OCH3 is 1. The standard InChI is InChI=1S/C20H15BrN2O5S/c1-26-15-5-2-4-14(12-15)22-19-20(23-18(28-19)17-6-3-11-27-17)29(24,25)16-9-7-13(21)8-10-16/h2-12,22H,1H3. The van der Waals surface area contributed by atoms with Crippen LogP contribution in [0, 0.1) is 0 Å². The zero-order valence-electron chi connectivity index (χ0n) is 15.1. The van der Waals surface area contributed by atoms with E-state index in [4.69, 9.17) is 13.6 Å². The Labute approximate surface area is 175 Å². The highest BCUT2D eigenvalue weighted by Crippen LogP contribution is 2.35. The largest absolute Gasteiger partial charge is 0.497 e. The topological polar surface area (TPSA) is 94.6 Å². The third-order valence-electron chi connectivity index (χ3n) is 4.03. The van der Waals surface area contributed by atoms with Gasteiger partial charge in [-0.15, -0.1) is 0 Å². The van der Waals surface area contributed by atoms with E-state index in [1.807, 2.05) is 0 Å². The van der Waals surface area contributed by atoms with E-state index < -0.39 is 9.84 Å². The van der Waals surface area contributed by atoms with Crippen molar-refractivity contribution in [1.29, 1.82) is 0 Å². The lowest BCUT2D eigenvalue weighted by molar-refractivity contribution is 0.415. The third kappa shape index (κ3) is 3.92. The van der Waals surface area contributed by atoms with Crippen molar-refractivity contribution in [2.45, 2.75) is 9.92 Å². The number of benzene rings is 2. The molecule has 0 aliphatic carbocycles. The van der Waals surface area contributed by atoms with E-state index in [0.29, 0.717) is 17.2 Å². The van der Waals surface area contributed by atoms with Crippen LogP contribution >= 0.6 is 15.9 Å². The Hall–Kier alpha value is -3.04. The van der Waals surface area contributed by atoms with Gasteiger partial charge in [-0.05, 0) is 48.5 Å². The average Bonchev–Trinajstić information content (AvgIpc) is 3.38. The summed E-state index contributed by atoms with van der Waals surface area (Å²) in [5, 5.41) is 2.74. The van der Waals surface area contributed by atoms with Crippen molar-refractivity contribution in [3.8, 4) is 17.4 Å². The number of nitrogens with zero attached hydrogens (tertiary/aromatic N) is 1. The Morgan fingerprint density at radius 3 is 2.55 bits per heavy atom. The second kappa shape index (κ2) is 7.76. The van der Waals surface area contributed by atoms with Gasteiger partial charge in [0.2, 0.25) is 20.7 Å². The van der Waals surface area contributed by atoms with Crippen molar-refractivity contribution in [1.82, 2.24) is 4.98 Å². The van der Waals surface area contributed by atoms with Crippen molar-refractivity contribution in [2.24, 2.45) is 0 Å². The zero-order chi connectivity index (χ0) is 20.4. The first-order valence-electron chi connectivity index (χ1n) is 8.44. The van der Waals surface area contributed by atoms with E-state index in [0.717, 1.165) is 4.47 Å². The second-order valence-corrected chi connectivity index (χ2v) is 8.73. The van der Waals surface area contributed by atoms with Gasteiger partial charge in [0, 0.05) is 16.2 Å². The normalized spacial score (nSPS) is 11.4. The Balaban J connectivity index is 1.82. The lowest BCUT2D eigenvalue weighted by Gasteiger charge is -2.07. The van der Waals surface area contributed by atoms with Crippen molar-refractivity contribution in [2.75, 3.05) is 12.4 Å². The van der Waals surface area contributed by atoms with E-state index in [1.165, 1.54) is 18.4 Å². The van der Waals surface area contributed by atoms with Crippen LogP contribution in [0.25, 0.3) is 11.7 Å². The molecule has 2 aromatic heterocycles. The molecule has 0 atom stereocenters. The fraction of sp³-hybridized carbons (Fsp3) is 0.0500. The van der Waals surface area contributed by atoms with Gasteiger partial charge in [-0.2, -0.15) is 4.98 Å². The lowest BCUT2D eigenvalue weighted by Crippen LogP contribution is -2.05. The van der Waals surface area contributed by atoms with Gasteiger partial charge in [0.05, 0.1) is 18.3 Å². The number of rotatable bonds is 6. The number of ether oxygens (including phenoxy) is 1. The molecule has 0 bridgehead atoms. The Bertz CT molecular complexity index is 1230. The minimum absolute atomic E-state index is 0.0208. The van der Waals surface area contributed by atoms with Crippen molar-refractivity contribution in [3.05, 3.63) is 71.4 Å². The van der Waals surface area contributed by atoms with Gasteiger partial charge in [0.25, 0.3) is 5.89 Å². The summed E-state index contributed by atoms with van der Waals surface area (Å²) in [7, 11) is -2.41. The van der Waals surface area contributed by atoms with Crippen LogP contribution in [0.3, 0.4) is 0 Å². The van der Waals surface area contributed by atoms with Crippen LogP contribution in [-0.4, -0.2) is 20.5 Å². The van der Waals surface area contributed by atoms with E-state index in [-0.39, 0.29) is 21.7 Å². The van der Waals surface area contributed by atoms with Crippen LogP contribution < -0.4 is 10.1 Å². The smallest absolute Gasteiger partial charge is 0.266 e. The number of furan rings is 1. The van der Waals surface area contributed by atoms with E-state index in [1.54, 1.807) is 55.6 Å². The number of nitrogens with one attached hydrogen (secondary N) is 1. The Kier molecular flexibility index (Phi) is 5.16. The molecule has 9 heteroatoms. The van der Waals surface area contributed by atoms with Crippen LogP contribution in [0.2, 0.25) is 0 Å². The molecule has 148 valence electrons. The highest BCUT2D eigenvalue weighted by Gasteiger charge is 2.29. The summed E-state index contributed by atoms with van der Waals surface area (Å²) >= 11 is 3.31. The minimum atomic E-state index is -3.95. The van der Waals surface area contributed by atoms with Gasteiger partial charge in [-0.3, -0.25) is 0 Å². The number of hydrogen-bond donors (Lipinski definition) is 1. The molecular formula is C20H15BrN2O5S. The van der Waals surface area contributed by atoms with Crippen molar-refractivity contribution in [3.63, 3.8) is 0 Å². The van der Waals surface area contributed by atoms with Crippen LogP contribution in [0.1, 0.15) is 0 Å². The molecule has 4 rings (SSSR count). The van der Waals surface area contributed by atoms with Crippen molar-refractivity contribution < 1.29 is 22.0 Å². The third-order valence-corrected chi connectivity index (χ3v) is 6.24.